The average Bonchev–Trinajstić information content (AvgIpc) is 0.779. The van der Waals surface area contributed by atoms with E-state index in [9.17, 15) is 70.8 Å². The number of sulfone groups is 2. The minimum Gasteiger partial charge on any atom is -1.00 e. The lowest BCUT2D eigenvalue weighted by Crippen LogP contribution is -3.09. The van der Waals surface area contributed by atoms with Gasteiger partial charge in [0.1, 0.15) is 18.9 Å². The summed E-state index contributed by atoms with van der Waals surface area (Å²) in [5.74, 6) is -5.58. The van der Waals surface area contributed by atoms with Crippen molar-refractivity contribution in [1.29, 1.82) is 0 Å². The van der Waals surface area contributed by atoms with Gasteiger partial charge in [0.25, 0.3) is 0 Å². The van der Waals surface area contributed by atoms with Crippen molar-refractivity contribution >= 4 is 152 Å². The number of quaternary nitrogens is 2. The minimum absolute atomic E-state index is 0. The summed E-state index contributed by atoms with van der Waals surface area (Å²) in [6.45, 7) is 9.38. The van der Waals surface area contributed by atoms with Gasteiger partial charge in [-0.15, -0.1) is 0 Å². The summed E-state index contributed by atoms with van der Waals surface area (Å²) in [7, 11) is -4.54. The van der Waals surface area contributed by atoms with E-state index in [1.165, 1.54) is 22.0 Å². The number of sulfonamides is 1. The van der Waals surface area contributed by atoms with Crippen molar-refractivity contribution in [2.24, 2.45) is 15.7 Å². The number of amides is 2. The van der Waals surface area contributed by atoms with Crippen LogP contribution < -0.4 is 55.7 Å². The molecule has 0 fully saturated rings. The number of fused-ring (bicyclic) bond motifs is 3. The summed E-state index contributed by atoms with van der Waals surface area (Å²) in [5, 5.41) is 23.3. The van der Waals surface area contributed by atoms with Gasteiger partial charge in [0.15, 0.2) is 19.7 Å². The predicted octanol–water partition coefficient (Wildman–Crippen LogP) is 7.17. The summed E-state index contributed by atoms with van der Waals surface area (Å²) < 4.78 is 178. The molecule has 9 N–H and O–H groups in total. The number of aliphatic carboxylic acids is 2. The number of benzene rings is 8. The van der Waals surface area contributed by atoms with E-state index in [0.717, 1.165) is 94.9 Å². The number of carboxylic acid groups (broad SMARTS) is 2. The number of hydrogen-bond donors (Lipinski definition) is 8. The van der Waals surface area contributed by atoms with Crippen LogP contribution in [0.15, 0.2) is 182 Å². The highest BCUT2D eigenvalue weighted by Crippen LogP contribution is 2.41. The first kappa shape index (κ1) is 118. The molecule has 0 saturated carbocycles. The molecule has 3 aliphatic heterocycles. The van der Waals surface area contributed by atoms with Crippen molar-refractivity contribution in [2.75, 3.05) is 157 Å². The van der Waals surface area contributed by atoms with Gasteiger partial charge in [-0.25, -0.2) is 53.9 Å². The van der Waals surface area contributed by atoms with Gasteiger partial charge in [-0.3, -0.25) is 4.79 Å². The predicted molar refractivity (Wildman–Crippen MR) is 495 cm³/mol. The summed E-state index contributed by atoms with van der Waals surface area (Å²) >= 11 is 38.5. The molecule has 0 spiro atoms. The Hall–Kier alpha value is -8.29. The number of urea groups is 1. The van der Waals surface area contributed by atoms with Gasteiger partial charge in [0.2, 0.25) is 22.2 Å². The lowest BCUT2D eigenvalue weighted by atomic mass is 9.85. The molecular weight excluding hydrogens is 2020 g/mol. The third kappa shape index (κ3) is 40.1. The normalized spacial score (nSPS) is 15.6. The molecule has 8 aromatic rings. The molecule has 29 nitrogen and oxygen atoms in total. The number of halogens is 14. The van der Waals surface area contributed by atoms with Crippen molar-refractivity contribution in [3.05, 3.63) is 243 Å². The Kier molecular flexibility index (Phi) is 51.0. The first-order chi connectivity index (χ1) is 63.5. The number of nitrogens with two attached hydrogens (primary N) is 1. The number of isocyanates is 2. The molecule has 46 heteroatoms. The first-order valence-electron chi connectivity index (χ1n) is 41.7. The second-order valence-electron chi connectivity index (χ2n) is 30.7. The van der Waals surface area contributed by atoms with E-state index < -0.39 is 60.0 Å². The number of anilines is 1. The van der Waals surface area contributed by atoms with Crippen molar-refractivity contribution in [3.8, 4) is 0 Å². The summed E-state index contributed by atoms with van der Waals surface area (Å²) in [4.78, 5) is 74.7. The molecule has 2 unspecified atom stereocenters. The van der Waals surface area contributed by atoms with E-state index >= 15 is 0 Å². The van der Waals surface area contributed by atoms with E-state index in [0.29, 0.717) is 124 Å². The fourth-order valence-corrected chi connectivity index (χ4v) is 19.7. The van der Waals surface area contributed by atoms with Crippen LogP contribution in [0.2, 0.25) is 30.1 Å². The Morgan fingerprint density at radius 1 is 0.500 bits per heavy atom. The Balaban J connectivity index is 0.000000439. The van der Waals surface area contributed by atoms with Gasteiger partial charge in [0.05, 0.1) is 146 Å². The van der Waals surface area contributed by atoms with Gasteiger partial charge < -0.3 is 94.5 Å². The molecule has 3 aliphatic rings. The lowest BCUT2D eigenvalue weighted by molar-refractivity contribution is -0.897. The molecule has 0 radical (unpaired) electrons. The van der Waals surface area contributed by atoms with Gasteiger partial charge in [-0.1, -0.05) is 118 Å². The number of nitrogens with one attached hydrogen (secondary N) is 5. The van der Waals surface area contributed by atoms with Crippen LogP contribution in [0.25, 0.3) is 0 Å². The van der Waals surface area contributed by atoms with Gasteiger partial charge in [-0.05, 0) is 180 Å². The summed E-state index contributed by atoms with van der Waals surface area (Å²) in [6.07, 6.45) is -5.47. The molecule has 2 amide bonds. The van der Waals surface area contributed by atoms with Crippen LogP contribution in [0.1, 0.15) is 99.1 Å². The van der Waals surface area contributed by atoms with Crippen LogP contribution >= 0.6 is 69.6 Å². The smallest absolute Gasteiger partial charge is 0.490 e. The molecule has 0 aliphatic carbocycles. The number of hydrogen-bond acceptors (Lipinski definition) is 22. The molecule has 11 rings (SSSR count). The maximum Gasteiger partial charge on any atom is 0.490 e. The number of ether oxygens (including phenoxy) is 6. The third-order valence-electron chi connectivity index (χ3n) is 20.4. The number of nitrogens with zero attached hydrogens (tertiary/aromatic N) is 3. The monoisotopic (exact) mass is 2120 g/mol. The quantitative estimate of drug-likeness (QED) is 0.00814. The van der Waals surface area contributed by atoms with Crippen molar-refractivity contribution in [2.45, 2.75) is 96.5 Å². The second-order valence-corrected chi connectivity index (χ2v) is 39.3. The van der Waals surface area contributed by atoms with Gasteiger partial charge in [0, 0.05) is 108 Å². The van der Waals surface area contributed by atoms with Gasteiger partial charge >= 0.3 is 30.3 Å². The minimum atomic E-state index is -5.08. The van der Waals surface area contributed by atoms with Crippen molar-refractivity contribution in [1.82, 2.24) is 14.9 Å². The molecule has 0 bridgehead atoms. The fraction of sp³-hybridized carbons (Fsp3) is 0.400. The Morgan fingerprint density at radius 2 is 0.875 bits per heavy atom. The van der Waals surface area contributed by atoms with Crippen LogP contribution in [0.5, 0.6) is 0 Å². The molecule has 8 aromatic carbocycles. The number of alkyl halides is 6. The maximum atomic E-state index is 13.3. The Bertz CT molecular complexity index is 5450. The maximum absolute atomic E-state index is 13.3. The Labute approximate surface area is 827 Å². The second kappa shape index (κ2) is 58.7. The van der Waals surface area contributed by atoms with Crippen molar-refractivity contribution in [3.63, 3.8) is 0 Å². The Morgan fingerprint density at radius 3 is 1.29 bits per heavy atom. The molecule has 0 saturated heterocycles. The largest absolute Gasteiger partial charge is 1.00 e. The van der Waals surface area contributed by atoms with E-state index in [1.54, 1.807) is 121 Å². The zero-order valence-electron chi connectivity index (χ0n) is 73.7. The first-order valence-corrected chi connectivity index (χ1v) is 48.8. The average molecular weight is 2120 g/mol. The van der Waals surface area contributed by atoms with E-state index in [1.807, 2.05) is 43.4 Å². The molecular formula is C90H103Cl8F6N9O20S3. The number of carbonyl (C=O) groups excluding carboxylic acids is 4. The highest BCUT2D eigenvalue weighted by atomic mass is 35.5. The SMILES string of the molecule is CN1Cc2c(Cl)cc(Cl)cc2[C@H](c2cccc(S(=O)(=O)CCCOCCOCCN)c2)C1.C[NH+]1Cc2c(Cl)cc(Cl)cc2[C@H](c2cccc(S(=O)(=O)CCCOCCOCCNC(=O)Nc3ccc(CC(=O)CCCOCCOCCNS(=O)(=O)c4cccc([C@@H]5C[NH+](C)Cc6c(Cl)cc(Cl)cc65)c4)cc3)c2)C1.O=C(O)C(F)(F)F.O=C(O)C(F)(F)F.O=C=Nc1ccc(N=C=O)cc1.[Cl-].[Cl-]. The number of likely N-dealkylation sites (N-methyl/N-ethyl adjacent to an activating group) is 3. The van der Waals surface area contributed by atoms with Crippen LogP contribution in [0.4, 0.5) is 48.2 Å². The highest BCUT2D eigenvalue weighted by Gasteiger charge is 2.40. The number of carboxylic acids is 2. The summed E-state index contributed by atoms with van der Waals surface area (Å²) in [6, 6.07) is 45.2. The summed E-state index contributed by atoms with van der Waals surface area (Å²) in [5.41, 5.74) is 16.6. The topological polar surface area (TPSA) is 400 Å². The number of ketones is 1. The fourth-order valence-electron chi connectivity index (χ4n) is 14.2. The van der Waals surface area contributed by atoms with E-state index in [4.69, 9.17) is 124 Å². The van der Waals surface area contributed by atoms with Gasteiger partial charge in [-0.2, -0.15) is 36.3 Å². The molecule has 136 heavy (non-hydrogen) atoms. The number of rotatable bonds is 41. The van der Waals surface area contributed by atoms with E-state index in [2.05, 4.69) is 44.3 Å². The molecule has 3 heterocycles. The van der Waals surface area contributed by atoms with Crippen LogP contribution in [0, 0.1) is 0 Å². The van der Waals surface area contributed by atoms with Crippen LogP contribution in [-0.4, -0.2) is 240 Å². The molecule has 744 valence electrons. The third-order valence-corrected chi connectivity index (χ3v) is 27.1. The standard InChI is InChI=1S/C55H65Cl4N5O10S2.C23H30Cl2N2O4S.C8H4N2O2.2C2HF3O2.2ClH/c1-63-34-49(47-30-41(56)32-53(58)51(47)36-63)39-7-3-10-45(28-39)75(67,68)26-6-19-72-23-24-73-20-16-60-55(66)62-43-14-12-38(13-15-43)27-44(65)9-5-18-71-22-25-74-21-17-61-76(69,70)46-11-4-8-40(29-46)50-35-64(2)37-52-48(50)31-42(57)33-54(52)59;1-27-15-21(20-13-18(24)14-23(25)22(20)16-27)17-4-2-5-19(12-17)32(28,29)11-3-7-30-9-10-31-8-6-26;11-5-9-7-1-2-8(4-3-7)10-6-12;2*3-2(4,5)1(6)7;;/h3-4,7-8,10-15,28-33,49-50,61H,5-6,9,16-27,34-37H2,1-2H3,(H2,60,62,66);2,4-5,12-14,21H,3,6-11,15-16,26H2,1H3;1-4H;2*(H,6,7);2*1H/t49-,50-;21-;;;;;/m00...../s1. The van der Waals surface area contributed by atoms with E-state index in [-0.39, 0.29) is 129 Å². The highest BCUT2D eigenvalue weighted by molar-refractivity contribution is 7.91. The number of carbonyl (C=O) groups is 4. The zero-order valence-corrected chi connectivity index (χ0v) is 82.2. The number of Topliss-reactive ketones (excluding diaryl/α,β-unsaturated/α-hetero) is 1. The van der Waals surface area contributed by atoms with Crippen molar-refractivity contribution < 1.29 is 154 Å². The number of aliphatic imine (C=N–C) groups is 2. The zero-order chi connectivity index (χ0) is 98.4. The van der Waals surface area contributed by atoms with Crippen LogP contribution in [0.3, 0.4) is 0 Å². The molecule has 0 aromatic heterocycles. The molecule has 5 atom stereocenters. The van der Waals surface area contributed by atoms with Crippen LogP contribution in [-0.2, 0) is 108 Å². The lowest BCUT2D eigenvalue weighted by Gasteiger charge is -2.33.